The van der Waals surface area contributed by atoms with Crippen molar-refractivity contribution >= 4 is 11.6 Å². The Morgan fingerprint density at radius 1 is 0.929 bits per heavy atom. The van der Waals surface area contributed by atoms with Crippen LogP contribution < -0.4 is 14.8 Å². The molecule has 1 saturated heterocycles. The largest absolute Gasteiger partial charge is 0.486 e. The van der Waals surface area contributed by atoms with Crippen molar-refractivity contribution in [3.63, 3.8) is 0 Å². The molecule has 0 spiro atoms. The van der Waals surface area contributed by atoms with Gasteiger partial charge in [-0.15, -0.1) is 0 Å². The molecule has 0 aliphatic carbocycles. The number of benzene rings is 2. The number of carbonyl (C=O) groups is 1. The highest BCUT2D eigenvalue weighted by molar-refractivity contribution is 6.04. The smallest absolute Gasteiger partial charge is 0.255 e. The second kappa shape index (κ2) is 8.63. The van der Waals surface area contributed by atoms with Crippen LogP contribution in [0.2, 0.25) is 0 Å². The lowest BCUT2D eigenvalue weighted by Crippen LogP contribution is -2.45. The molecule has 0 unspecified atom stereocenters. The van der Waals surface area contributed by atoms with Gasteiger partial charge in [0.2, 0.25) is 0 Å². The maximum absolute atomic E-state index is 12.5. The lowest BCUT2D eigenvalue weighted by Gasteiger charge is -2.34. The second-order valence-corrected chi connectivity index (χ2v) is 7.22. The maximum atomic E-state index is 12.5. The van der Waals surface area contributed by atoms with Crippen LogP contribution in [0.3, 0.4) is 0 Å². The summed E-state index contributed by atoms with van der Waals surface area (Å²) >= 11 is 0. The fourth-order valence-corrected chi connectivity index (χ4v) is 3.60. The van der Waals surface area contributed by atoms with Crippen molar-refractivity contribution < 1.29 is 14.3 Å². The summed E-state index contributed by atoms with van der Waals surface area (Å²) in [7, 11) is 0. The van der Waals surface area contributed by atoms with Gasteiger partial charge in [-0.05, 0) is 42.4 Å². The fraction of sp³-hybridized carbons (Fsp3) is 0.409. The molecule has 0 aromatic heterocycles. The van der Waals surface area contributed by atoms with E-state index < -0.39 is 0 Å². The first-order valence-electron chi connectivity index (χ1n) is 9.96. The van der Waals surface area contributed by atoms with E-state index in [-0.39, 0.29) is 5.91 Å². The summed E-state index contributed by atoms with van der Waals surface area (Å²) in [4.78, 5) is 17.5. The van der Waals surface area contributed by atoms with E-state index in [2.05, 4.69) is 34.2 Å². The van der Waals surface area contributed by atoms with Gasteiger partial charge in [0.25, 0.3) is 5.91 Å². The van der Waals surface area contributed by atoms with Crippen LogP contribution in [-0.4, -0.2) is 61.6 Å². The lowest BCUT2D eigenvalue weighted by atomic mass is 10.1. The highest BCUT2D eigenvalue weighted by atomic mass is 16.6. The first-order valence-corrected chi connectivity index (χ1v) is 9.96. The fourth-order valence-electron chi connectivity index (χ4n) is 3.60. The molecule has 0 bridgehead atoms. The zero-order valence-electron chi connectivity index (χ0n) is 16.3. The summed E-state index contributed by atoms with van der Waals surface area (Å²) in [6.45, 7) is 9.84. The molecule has 2 aromatic rings. The van der Waals surface area contributed by atoms with Gasteiger partial charge in [-0.2, -0.15) is 0 Å². The number of nitrogens with zero attached hydrogens (tertiary/aromatic N) is 2. The number of rotatable bonds is 5. The van der Waals surface area contributed by atoms with E-state index in [1.807, 2.05) is 12.1 Å². The van der Waals surface area contributed by atoms with Crippen molar-refractivity contribution in [1.82, 2.24) is 9.80 Å². The third-order valence-corrected chi connectivity index (χ3v) is 5.33. The van der Waals surface area contributed by atoms with Gasteiger partial charge in [-0.1, -0.05) is 19.1 Å². The number of hydrogen-bond acceptors (Lipinski definition) is 5. The topological polar surface area (TPSA) is 54.0 Å². The van der Waals surface area contributed by atoms with Crippen LogP contribution in [-0.2, 0) is 6.54 Å². The number of nitrogens with one attached hydrogen (secondary N) is 1. The molecule has 0 radical (unpaired) electrons. The summed E-state index contributed by atoms with van der Waals surface area (Å²) in [6, 6.07) is 13.4. The van der Waals surface area contributed by atoms with E-state index in [0.29, 0.717) is 30.3 Å². The van der Waals surface area contributed by atoms with Crippen molar-refractivity contribution in [2.24, 2.45) is 0 Å². The molecule has 4 rings (SSSR count). The zero-order valence-corrected chi connectivity index (χ0v) is 16.3. The van der Waals surface area contributed by atoms with Crippen molar-refractivity contribution in [2.75, 3.05) is 51.3 Å². The molecule has 0 atom stereocenters. The zero-order chi connectivity index (χ0) is 19.3. The molecule has 2 heterocycles. The predicted octanol–water partition coefficient (Wildman–Crippen LogP) is 2.85. The molecule has 1 fully saturated rings. The van der Waals surface area contributed by atoms with Gasteiger partial charge in [-0.3, -0.25) is 9.69 Å². The quantitative estimate of drug-likeness (QED) is 0.863. The highest BCUT2D eigenvalue weighted by Crippen LogP contribution is 2.31. The lowest BCUT2D eigenvalue weighted by molar-refractivity contribution is 0.102. The van der Waals surface area contributed by atoms with Crippen LogP contribution in [0.1, 0.15) is 22.8 Å². The Balaban J connectivity index is 1.33. The van der Waals surface area contributed by atoms with Crippen molar-refractivity contribution in [3.05, 3.63) is 53.6 Å². The molecular weight excluding hydrogens is 354 g/mol. The van der Waals surface area contributed by atoms with E-state index >= 15 is 0 Å². The van der Waals surface area contributed by atoms with E-state index in [4.69, 9.17) is 9.47 Å². The molecule has 28 heavy (non-hydrogen) atoms. The minimum Gasteiger partial charge on any atom is -0.486 e. The highest BCUT2D eigenvalue weighted by Gasteiger charge is 2.16. The molecule has 148 valence electrons. The number of ether oxygens (including phenoxy) is 2. The Bertz CT molecular complexity index is 814. The van der Waals surface area contributed by atoms with Gasteiger partial charge < -0.3 is 19.7 Å². The average Bonchev–Trinajstić information content (AvgIpc) is 2.75. The Morgan fingerprint density at radius 3 is 2.32 bits per heavy atom. The number of piperazine rings is 1. The van der Waals surface area contributed by atoms with Crippen LogP contribution in [0.4, 0.5) is 5.69 Å². The van der Waals surface area contributed by atoms with Crippen LogP contribution in [0.5, 0.6) is 11.5 Å². The summed E-state index contributed by atoms with van der Waals surface area (Å²) in [5.41, 5.74) is 2.61. The van der Waals surface area contributed by atoms with Gasteiger partial charge in [0, 0.05) is 44.0 Å². The standard InChI is InChI=1S/C22H27N3O3/c1-2-24-9-11-25(12-10-24)16-17-3-6-19(7-4-17)23-22(26)18-5-8-20-21(15-18)28-14-13-27-20/h3-8,15H,2,9-14,16H2,1H3,(H,23,26). The number of anilines is 1. The Morgan fingerprint density at radius 2 is 1.61 bits per heavy atom. The molecule has 2 aliphatic heterocycles. The normalized spacial score (nSPS) is 17.3. The van der Waals surface area contributed by atoms with Gasteiger partial charge in [0.05, 0.1) is 0 Å². The first kappa shape index (κ1) is 18.8. The first-order chi connectivity index (χ1) is 13.7. The molecule has 6 heteroatoms. The third kappa shape index (κ3) is 4.46. The summed E-state index contributed by atoms with van der Waals surface area (Å²) < 4.78 is 11.1. The third-order valence-electron chi connectivity index (χ3n) is 5.33. The van der Waals surface area contributed by atoms with E-state index in [0.717, 1.165) is 45.0 Å². The Kier molecular flexibility index (Phi) is 5.78. The summed E-state index contributed by atoms with van der Waals surface area (Å²) in [5, 5.41) is 2.95. The van der Waals surface area contributed by atoms with E-state index in [9.17, 15) is 4.79 Å². The SMILES string of the molecule is CCN1CCN(Cc2ccc(NC(=O)c3ccc4c(c3)OCCO4)cc2)CC1. The predicted molar refractivity (Wildman–Crippen MR) is 109 cm³/mol. The van der Waals surface area contributed by atoms with Crippen LogP contribution in [0, 0.1) is 0 Å². The molecular formula is C22H27N3O3. The molecule has 1 amide bonds. The van der Waals surface area contributed by atoms with Gasteiger partial charge in [-0.25, -0.2) is 0 Å². The minimum atomic E-state index is -0.152. The molecule has 2 aliphatic rings. The van der Waals surface area contributed by atoms with Gasteiger partial charge in [0.15, 0.2) is 11.5 Å². The minimum absolute atomic E-state index is 0.152. The average molecular weight is 381 g/mol. The number of hydrogen-bond donors (Lipinski definition) is 1. The Hall–Kier alpha value is -2.57. The summed E-state index contributed by atoms with van der Waals surface area (Å²) in [6.07, 6.45) is 0. The number of likely N-dealkylation sites (N-methyl/N-ethyl adjacent to an activating group) is 1. The number of amides is 1. The van der Waals surface area contributed by atoms with Crippen LogP contribution in [0.25, 0.3) is 0 Å². The summed E-state index contributed by atoms with van der Waals surface area (Å²) in [5.74, 6) is 1.16. The van der Waals surface area contributed by atoms with E-state index in [1.165, 1.54) is 5.56 Å². The molecule has 6 nitrogen and oxygen atoms in total. The van der Waals surface area contributed by atoms with Crippen LogP contribution in [0.15, 0.2) is 42.5 Å². The second-order valence-electron chi connectivity index (χ2n) is 7.22. The van der Waals surface area contributed by atoms with Crippen molar-refractivity contribution in [2.45, 2.75) is 13.5 Å². The monoisotopic (exact) mass is 381 g/mol. The maximum Gasteiger partial charge on any atom is 0.255 e. The van der Waals surface area contributed by atoms with Crippen molar-refractivity contribution in [1.29, 1.82) is 0 Å². The Labute approximate surface area is 166 Å². The molecule has 1 N–H and O–H groups in total. The molecule has 0 saturated carbocycles. The number of fused-ring (bicyclic) bond motifs is 1. The van der Waals surface area contributed by atoms with Gasteiger partial charge in [0.1, 0.15) is 13.2 Å². The van der Waals surface area contributed by atoms with E-state index in [1.54, 1.807) is 18.2 Å². The number of carbonyl (C=O) groups excluding carboxylic acids is 1. The van der Waals surface area contributed by atoms with Crippen molar-refractivity contribution in [3.8, 4) is 11.5 Å². The molecule has 2 aromatic carbocycles. The van der Waals surface area contributed by atoms with Crippen LogP contribution >= 0.6 is 0 Å². The van der Waals surface area contributed by atoms with Gasteiger partial charge >= 0.3 is 0 Å².